The fraction of sp³-hybridized carbons (Fsp3) is 0.533. The van der Waals surface area contributed by atoms with Gasteiger partial charge < -0.3 is 20.3 Å². The molecule has 2 amide bonds. The van der Waals surface area contributed by atoms with E-state index in [9.17, 15) is 9.59 Å². The molecule has 0 heterocycles. The van der Waals surface area contributed by atoms with Crippen molar-refractivity contribution in [1.82, 2.24) is 15.5 Å². The zero-order valence-corrected chi connectivity index (χ0v) is 22.9. The smallest absolute Gasteiger partial charge is 0.251 e. The molecule has 1 aliphatic rings. The van der Waals surface area contributed by atoms with Crippen LogP contribution in [0.25, 0.3) is 11.1 Å². The lowest BCUT2D eigenvalue weighted by Gasteiger charge is -2.20. The van der Waals surface area contributed by atoms with Crippen LogP contribution in [-0.4, -0.2) is 55.5 Å². The lowest BCUT2D eigenvalue weighted by Crippen LogP contribution is -2.32. The molecule has 2 N–H and O–H groups in total. The number of carbonyl (C=O) groups excluding carboxylic acids is 2. The lowest BCUT2D eigenvalue weighted by molar-refractivity contribution is 0.0935. The highest BCUT2D eigenvalue weighted by Crippen LogP contribution is 2.34. The summed E-state index contributed by atoms with van der Waals surface area (Å²) in [4.78, 5) is 28.0. The summed E-state index contributed by atoms with van der Waals surface area (Å²) < 4.78 is 6.29. The molecule has 3 rings (SSSR count). The van der Waals surface area contributed by atoms with E-state index in [0.29, 0.717) is 36.1 Å². The Morgan fingerprint density at radius 2 is 1.64 bits per heavy atom. The van der Waals surface area contributed by atoms with Crippen molar-refractivity contribution in [1.29, 1.82) is 0 Å². The second kappa shape index (κ2) is 12.4. The first-order chi connectivity index (χ1) is 17.1. The van der Waals surface area contributed by atoms with Gasteiger partial charge in [-0.2, -0.15) is 0 Å². The molecule has 0 bridgehead atoms. The zero-order chi connectivity index (χ0) is 26.3. The Balaban J connectivity index is 1.87. The van der Waals surface area contributed by atoms with Crippen LogP contribution in [0.4, 0.5) is 0 Å². The Bertz CT molecular complexity index is 1050. The maximum Gasteiger partial charge on any atom is 0.251 e. The van der Waals surface area contributed by atoms with Crippen LogP contribution in [0.5, 0.6) is 5.75 Å². The summed E-state index contributed by atoms with van der Waals surface area (Å²) in [5.74, 6) is 0.512. The summed E-state index contributed by atoms with van der Waals surface area (Å²) in [5.41, 5.74) is 4.10. The standard InChI is InChI=1S/C30H43N3O3/c1-7-33(8-2)16-9-17-36-27-19-23(28(34)31-20-30(4,5)6)12-15-25(27)26-18-22(11-10-21(26)3)29(35)32-24-13-14-24/h10-12,15,18-19,24H,7-9,13-14,16-17,20H2,1-6H3,(H,31,34)(H,32,35). The third-order valence-electron chi connectivity index (χ3n) is 6.50. The number of aryl methyl sites for hydroxylation is 1. The molecular formula is C30H43N3O3. The Morgan fingerprint density at radius 3 is 2.28 bits per heavy atom. The number of carbonyl (C=O) groups is 2. The van der Waals surface area contributed by atoms with Crippen LogP contribution >= 0.6 is 0 Å². The second-order valence-electron chi connectivity index (χ2n) is 11.0. The van der Waals surface area contributed by atoms with Gasteiger partial charge in [0, 0.05) is 35.8 Å². The molecule has 36 heavy (non-hydrogen) atoms. The van der Waals surface area contributed by atoms with E-state index >= 15 is 0 Å². The van der Waals surface area contributed by atoms with Gasteiger partial charge in [0.05, 0.1) is 6.61 Å². The number of hydrogen-bond acceptors (Lipinski definition) is 4. The average molecular weight is 494 g/mol. The van der Waals surface area contributed by atoms with Gasteiger partial charge in [-0.15, -0.1) is 0 Å². The molecule has 6 heteroatoms. The number of nitrogens with one attached hydrogen (secondary N) is 2. The highest BCUT2D eigenvalue weighted by Gasteiger charge is 2.24. The van der Waals surface area contributed by atoms with E-state index in [2.05, 4.69) is 50.2 Å². The van der Waals surface area contributed by atoms with Crippen LogP contribution in [-0.2, 0) is 0 Å². The van der Waals surface area contributed by atoms with Crippen LogP contribution in [0.2, 0.25) is 0 Å². The summed E-state index contributed by atoms with van der Waals surface area (Å²) in [5, 5.41) is 6.10. The summed E-state index contributed by atoms with van der Waals surface area (Å²) in [6.45, 7) is 16.8. The monoisotopic (exact) mass is 493 g/mol. The molecule has 196 valence electrons. The first kappa shape index (κ1) is 27.7. The van der Waals surface area contributed by atoms with Crippen LogP contribution in [0.3, 0.4) is 0 Å². The molecule has 1 aliphatic carbocycles. The fourth-order valence-corrected chi connectivity index (χ4v) is 4.01. The van der Waals surface area contributed by atoms with Crippen molar-refractivity contribution in [2.24, 2.45) is 5.41 Å². The molecule has 0 radical (unpaired) electrons. The third kappa shape index (κ3) is 8.09. The maximum absolute atomic E-state index is 12.9. The van der Waals surface area contributed by atoms with Gasteiger partial charge in [-0.25, -0.2) is 0 Å². The first-order valence-corrected chi connectivity index (χ1v) is 13.3. The molecular weight excluding hydrogens is 450 g/mol. The number of nitrogens with zero attached hydrogens (tertiary/aromatic N) is 1. The predicted octanol–water partition coefficient (Wildman–Crippen LogP) is 5.44. The van der Waals surface area contributed by atoms with Crippen LogP contribution in [0, 0.1) is 12.3 Å². The second-order valence-corrected chi connectivity index (χ2v) is 11.0. The van der Waals surface area contributed by atoms with Crippen molar-refractivity contribution in [2.45, 2.75) is 66.8 Å². The van der Waals surface area contributed by atoms with E-state index in [1.807, 2.05) is 43.3 Å². The molecule has 1 saturated carbocycles. The summed E-state index contributed by atoms with van der Waals surface area (Å²) in [7, 11) is 0. The molecule has 2 aromatic carbocycles. The first-order valence-electron chi connectivity index (χ1n) is 13.3. The van der Waals surface area contributed by atoms with E-state index in [1.54, 1.807) is 0 Å². The molecule has 6 nitrogen and oxygen atoms in total. The Hall–Kier alpha value is -2.86. The Labute approximate surface area is 216 Å². The summed E-state index contributed by atoms with van der Waals surface area (Å²) in [6.07, 6.45) is 2.99. The Morgan fingerprint density at radius 1 is 0.972 bits per heavy atom. The van der Waals surface area contributed by atoms with Crippen molar-refractivity contribution in [3.05, 3.63) is 53.1 Å². The van der Waals surface area contributed by atoms with Crippen molar-refractivity contribution in [3.8, 4) is 16.9 Å². The molecule has 0 spiro atoms. The molecule has 0 atom stereocenters. The average Bonchev–Trinajstić information content (AvgIpc) is 3.66. The van der Waals surface area contributed by atoms with Gasteiger partial charge in [-0.05, 0) is 86.1 Å². The van der Waals surface area contributed by atoms with E-state index in [4.69, 9.17) is 4.74 Å². The predicted molar refractivity (Wildman–Crippen MR) is 147 cm³/mol. The normalized spacial score (nSPS) is 13.5. The highest BCUT2D eigenvalue weighted by atomic mass is 16.5. The molecule has 2 aromatic rings. The summed E-state index contributed by atoms with van der Waals surface area (Å²) >= 11 is 0. The van der Waals surface area contributed by atoms with E-state index in [-0.39, 0.29) is 17.2 Å². The van der Waals surface area contributed by atoms with Gasteiger partial charge in [-0.1, -0.05) is 40.7 Å². The van der Waals surface area contributed by atoms with Crippen LogP contribution < -0.4 is 15.4 Å². The summed E-state index contributed by atoms with van der Waals surface area (Å²) in [6, 6.07) is 11.7. The van der Waals surface area contributed by atoms with E-state index < -0.39 is 0 Å². The minimum atomic E-state index is -0.112. The number of hydrogen-bond donors (Lipinski definition) is 2. The van der Waals surface area contributed by atoms with E-state index in [1.165, 1.54) is 0 Å². The number of rotatable bonds is 12. The SMILES string of the molecule is CCN(CC)CCCOc1cc(C(=O)NCC(C)(C)C)ccc1-c1cc(C(=O)NC2CC2)ccc1C. The van der Waals surface area contributed by atoms with Crippen molar-refractivity contribution >= 4 is 11.8 Å². The molecule has 0 aliphatic heterocycles. The Kier molecular flexibility index (Phi) is 9.55. The number of benzene rings is 2. The fourth-order valence-electron chi connectivity index (χ4n) is 4.01. The third-order valence-corrected chi connectivity index (χ3v) is 6.50. The minimum Gasteiger partial charge on any atom is -0.493 e. The molecule has 0 aromatic heterocycles. The van der Waals surface area contributed by atoms with Gasteiger partial charge in [-0.3, -0.25) is 9.59 Å². The van der Waals surface area contributed by atoms with Crippen LogP contribution in [0.1, 0.15) is 80.2 Å². The van der Waals surface area contributed by atoms with E-state index in [0.717, 1.165) is 55.6 Å². The quantitative estimate of drug-likeness (QED) is 0.386. The topological polar surface area (TPSA) is 70.7 Å². The maximum atomic E-state index is 12.9. The van der Waals surface area contributed by atoms with Crippen molar-refractivity contribution in [3.63, 3.8) is 0 Å². The highest BCUT2D eigenvalue weighted by molar-refractivity contribution is 5.97. The lowest BCUT2D eigenvalue weighted by atomic mass is 9.95. The number of amides is 2. The van der Waals surface area contributed by atoms with Crippen LogP contribution in [0.15, 0.2) is 36.4 Å². The van der Waals surface area contributed by atoms with Gasteiger partial charge in [0.25, 0.3) is 11.8 Å². The van der Waals surface area contributed by atoms with Crippen molar-refractivity contribution < 1.29 is 14.3 Å². The van der Waals surface area contributed by atoms with Gasteiger partial charge >= 0.3 is 0 Å². The molecule has 0 unspecified atom stereocenters. The largest absolute Gasteiger partial charge is 0.493 e. The minimum absolute atomic E-state index is 0.00203. The molecule has 1 fully saturated rings. The number of ether oxygens (including phenoxy) is 1. The van der Waals surface area contributed by atoms with Gasteiger partial charge in [0.15, 0.2) is 0 Å². The van der Waals surface area contributed by atoms with Gasteiger partial charge in [0.1, 0.15) is 5.75 Å². The molecule has 0 saturated heterocycles. The van der Waals surface area contributed by atoms with Gasteiger partial charge in [0.2, 0.25) is 0 Å². The van der Waals surface area contributed by atoms with Crippen molar-refractivity contribution in [2.75, 3.05) is 32.8 Å². The zero-order valence-electron chi connectivity index (χ0n) is 22.9.